The summed E-state index contributed by atoms with van der Waals surface area (Å²) in [6.45, 7) is 6.24. The van der Waals surface area contributed by atoms with Crippen LogP contribution in [0, 0.1) is 5.92 Å². The molecule has 1 aromatic rings. The first kappa shape index (κ1) is 13.5. The number of hydrazine groups is 1. The molecule has 100 valence electrons. The molecular formula is C15H24N2O. The molecule has 1 heterocycles. The minimum absolute atomic E-state index is 0.0258. The zero-order chi connectivity index (χ0) is 13.0. The molecule has 1 saturated heterocycles. The molecule has 2 rings (SSSR count). The van der Waals surface area contributed by atoms with Crippen molar-refractivity contribution in [1.82, 2.24) is 5.43 Å². The molecule has 18 heavy (non-hydrogen) atoms. The summed E-state index contributed by atoms with van der Waals surface area (Å²) >= 11 is 0. The lowest BCUT2D eigenvalue weighted by Crippen LogP contribution is -2.53. The molecule has 1 aromatic carbocycles. The Morgan fingerprint density at radius 2 is 1.83 bits per heavy atom. The predicted octanol–water partition coefficient (Wildman–Crippen LogP) is 2.22. The molecule has 1 aliphatic rings. The van der Waals surface area contributed by atoms with Gasteiger partial charge in [-0.2, -0.15) is 0 Å². The molecule has 0 spiro atoms. The van der Waals surface area contributed by atoms with E-state index in [1.807, 2.05) is 0 Å². The highest BCUT2D eigenvalue weighted by molar-refractivity contribution is 5.26. The molecule has 3 nitrogen and oxygen atoms in total. The third kappa shape index (κ3) is 2.74. The van der Waals surface area contributed by atoms with Crippen molar-refractivity contribution in [3.05, 3.63) is 35.9 Å². The lowest BCUT2D eigenvalue weighted by molar-refractivity contribution is 0.0429. The minimum Gasteiger partial charge on any atom is -0.381 e. The summed E-state index contributed by atoms with van der Waals surface area (Å²) in [6, 6.07) is 10.9. The van der Waals surface area contributed by atoms with Crippen LogP contribution in [0.3, 0.4) is 0 Å². The van der Waals surface area contributed by atoms with Crippen LogP contribution in [-0.4, -0.2) is 19.3 Å². The lowest BCUT2D eigenvalue weighted by atomic mass is 9.71. The molecule has 1 atom stereocenters. The van der Waals surface area contributed by atoms with Crippen molar-refractivity contribution in [2.45, 2.75) is 38.1 Å². The Kier molecular flexibility index (Phi) is 4.38. The van der Waals surface area contributed by atoms with E-state index in [1.54, 1.807) is 0 Å². The highest BCUT2D eigenvalue weighted by Gasteiger charge is 2.36. The van der Waals surface area contributed by atoms with Crippen LogP contribution in [-0.2, 0) is 10.2 Å². The normalized spacial score (nSPS) is 19.7. The summed E-state index contributed by atoms with van der Waals surface area (Å²) in [5.74, 6) is 6.42. The minimum atomic E-state index is 0.0258. The van der Waals surface area contributed by atoms with E-state index in [0.29, 0.717) is 5.92 Å². The van der Waals surface area contributed by atoms with Gasteiger partial charge >= 0.3 is 0 Å². The quantitative estimate of drug-likeness (QED) is 0.634. The number of hydrogen-bond donors (Lipinski definition) is 2. The van der Waals surface area contributed by atoms with Gasteiger partial charge in [0.2, 0.25) is 0 Å². The Morgan fingerprint density at radius 1 is 1.22 bits per heavy atom. The largest absolute Gasteiger partial charge is 0.381 e. The van der Waals surface area contributed by atoms with Crippen LogP contribution in [0.5, 0.6) is 0 Å². The van der Waals surface area contributed by atoms with Gasteiger partial charge in [-0.25, -0.2) is 0 Å². The fourth-order valence-electron chi connectivity index (χ4n) is 3.03. The molecule has 3 heteroatoms. The highest BCUT2D eigenvalue weighted by atomic mass is 16.5. The Morgan fingerprint density at radius 3 is 2.39 bits per heavy atom. The second-order valence-corrected chi connectivity index (χ2v) is 5.68. The van der Waals surface area contributed by atoms with Crippen molar-refractivity contribution in [2.75, 3.05) is 13.2 Å². The number of benzene rings is 1. The summed E-state index contributed by atoms with van der Waals surface area (Å²) < 4.78 is 5.44. The summed E-state index contributed by atoms with van der Waals surface area (Å²) in [5, 5.41) is 0. The van der Waals surface area contributed by atoms with E-state index in [2.05, 4.69) is 49.6 Å². The van der Waals surface area contributed by atoms with E-state index in [0.717, 1.165) is 26.1 Å². The van der Waals surface area contributed by atoms with Crippen LogP contribution < -0.4 is 11.3 Å². The van der Waals surface area contributed by atoms with E-state index in [9.17, 15) is 0 Å². The average molecular weight is 248 g/mol. The molecule has 0 amide bonds. The van der Waals surface area contributed by atoms with Gasteiger partial charge in [0.1, 0.15) is 0 Å². The zero-order valence-corrected chi connectivity index (χ0v) is 11.4. The van der Waals surface area contributed by atoms with E-state index < -0.39 is 0 Å². The summed E-state index contributed by atoms with van der Waals surface area (Å²) in [4.78, 5) is 0. The molecule has 3 N–H and O–H groups in total. The number of rotatable bonds is 4. The molecule has 0 bridgehead atoms. The van der Waals surface area contributed by atoms with Crippen LogP contribution in [0.15, 0.2) is 30.3 Å². The maximum absolute atomic E-state index is 5.84. The van der Waals surface area contributed by atoms with E-state index in [1.165, 1.54) is 5.56 Å². The third-order valence-electron chi connectivity index (χ3n) is 4.21. The SMILES string of the molecule is CC(C)(c1ccccc1)C(NN)C1CCOCC1. The average Bonchev–Trinajstić information content (AvgIpc) is 2.41. The Balaban J connectivity index is 2.19. The van der Waals surface area contributed by atoms with Gasteiger partial charge in [0, 0.05) is 24.7 Å². The van der Waals surface area contributed by atoms with Gasteiger partial charge in [-0.05, 0) is 24.3 Å². The van der Waals surface area contributed by atoms with Gasteiger partial charge in [0.05, 0.1) is 0 Å². The third-order valence-corrected chi connectivity index (χ3v) is 4.21. The van der Waals surface area contributed by atoms with E-state index >= 15 is 0 Å². The molecule has 0 aromatic heterocycles. The first-order valence-corrected chi connectivity index (χ1v) is 6.75. The number of nitrogens with two attached hydrogens (primary N) is 1. The Hall–Kier alpha value is -0.900. The van der Waals surface area contributed by atoms with Crippen molar-refractivity contribution in [2.24, 2.45) is 11.8 Å². The van der Waals surface area contributed by atoms with Gasteiger partial charge < -0.3 is 4.74 Å². The Bertz CT molecular complexity index is 358. The first-order chi connectivity index (χ1) is 8.66. The molecule has 1 aliphatic heterocycles. The standard InChI is InChI=1S/C15H24N2O/c1-15(2,13-6-4-3-5-7-13)14(17-16)12-8-10-18-11-9-12/h3-7,12,14,17H,8-11,16H2,1-2H3. The van der Waals surface area contributed by atoms with Gasteiger partial charge in [-0.1, -0.05) is 44.2 Å². The van der Waals surface area contributed by atoms with Crippen molar-refractivity contribution >= 4 is 0 Å². The van der Waals surface area contributed by atoms with Crippen LogP contribution >= 0.6 is 0 Å². The smallest absolute Gasteiger partial charge is 0.0469 e. The molecule has 0 saturated carbocycles. The predicted molar refractivity (Wildman–Crippen MR) is 74.1 cm³/mol. The van der Waals surface area contributed by atoms with Gasteiger partial charge in [-0.3, -0.25) is 11.3 Å². The molecule has 0 radical (unpaired) electrons. The van der Waals surface area contributed by atoms with Crippen molar-refractivity contribution < 1.29 is 4.74 Å². The molecular weight excluding hydrogens is 224 g/mol. The lowest BCUT2D eigenvalue weighted by Gasteiger charge is -2.41. The fraction of sp³-hybridized carbons (Fsp3) is 0.600. The maximum atomic E-state index is 5.84. The highest BCUT2D eigenvalue weighted by Crippen LogP contribution is 2.34. The monoisotopic (exact) mass is 248 g/mol. The Labute approximate surface area is 110 Å². The first-order valence-electron chi connectivity index (χ1n) is 6.75. The summed E-state index contributed by atoms with van der Waals surface area (Å²) in [5.41, 5.74) is 4.41. The molecule has 1 fully saturated rings. The van der Waals surface area contributed by atoms with Gasteiger partial charge in [0.25, 0.3) is 0 Å². The fourth-order valence-corrected chi connectivity index (χ4v) is 3.03. The molecule has 0 aliphatic carbocycles. The van der Waals surface area contributed by atoms with Gasteiger partial charge in [-0.15, -0.1) is 0 Å². The number of ether oxygens (including phenoxy) is 1. The molecule has 1 unspecified atom stereocenters. The van der Waals surface area contributed by atoms with Crippen molar-refractivity contribution in [3.63, 3.8) is 0 Å². The second-order valence-electron chi connectivity index (χ2n) is 5.68. The van der Waals surface area contributed by atoms with Crippen LogP contribution in [0.25, 0.3) is 0 Å². The van der Waals surface area contributed by atoms with Crippen LogP contribution in [0.4, 0.5) is 0 Å². The van der Waals surface area contributed by atoms with Crippen LogP contribution in [0.1, 0.15) is 32.3 Å². The number of nitrogens with one attached hydrogen (secondary N) is 1. The van der Waals surface area contributed by atoms with Crippen molar-refractivity contribution in [3.8, 4) is 0 Å². The van der Waals surface area contributed by atoms with Crippen LogP contribution in [0.2, 0.25) is 0 Å². The number of hydrogen-bond acceptors (Lipinski definition) is 3. The topological polar surface area (TPSA) is 47.3 Å². The van der Waals surface area contributed by atoms with E-state index in [4.69, 9.17) is 10.6 Å². The summed E-state index contributed by atoms with van der Waals surface area (Å²) in [6.07, 6.45) is 2.18. The van der Waals surface area contributed by atoms with Crippen molar-refractivity contribution in [1.29, 1.82) is 0 Å². The maximum Gasteiger partial charge on any atom is 0.0469 e. The summed E-state index contributed by atoms with van der Waals surface area (Å²) in [7, 11) is 0. The zero-order valence-electron chi connectivity index (χ0n) is 11.4. The van der Waals surface area contributed by atoms with Gasteiger partial charge in [0.15, 0.2) is 0 Å². The van der Waals surface area contributed by atoms with E-state index in [-0.39, 0.29) is 11.5 Å². The second kappa shape index (κ2) is 5.83.